The van der Waals surface area contributed by atoms with Gasteiger partial charge in [0.25, 0.3) is 0 Å². The number of hydrogen-bond donors (Lipinski definition) is 1. The fourth-order valence-corrected chi connectivity index (χ4v) is 2.82. The molecule has 0 radical (unpaired) electrons. The van der Waals surface area contributed by atoms with Crippen LogP contribution in [-0.4, -0.2) is 32.5 Å². The minimum Gasteiger partial charge on any atom is -0.316 e. The maximum Gasteiger partial charge on any atom is 0.218 e. The van der Waals surface area contributed by atoms with Crippen molar-refractivity contribution in [3.05, 3.63) is 18.5 Å². The van der Waals surface area contributed by atoms with Gasteiger partial charge in [0.05, 0.1) is 16.0 Å². The van der Waals surface area contributed by atoms with Gasteiger partial charge in [-0.05, 0) is 25.5 Å². The molecule has 0 unspecified atom stereocenters. The van der Waals surface area contributed by atoms with Gasteiger partial charge in [-0.3, -0.25) is 4.21 Å². The molecule has 1 N–H and O–H groups in total. The van der Waals surface area contributed by atoms with Crippen LogP contribution in [0, 0.1) is 0 Å². The molecule has 0 spiro atoms. The Morgan fingerprint density at radius 3 is 2.86 bits per heavy atom. The Morgan fingerprint density at radius 1 is 1.43 bits per heavy atom. The van der Waals surface area contributed by atoms with E-state index in [1.54, 1.807) is 18.5 Å². The Hall–Kier alpha value is -0.810. The van der Waals surface area contributed by atoms with Crippen molar-refractivity contribution in [3.63, 3.8) is 0 Å². The lowest BCUT2D eigenvalue weighted by Gasteiger charge is -2.20. The molecule has 2 rings (SSSR count). The van der Waals surface area contributed by atoms with E-state index in [0.717, 1.165) is 25.9 Å². The quantitative estimate of drug-likeness (QED) is 0.717. The third-order valence-corrected chi connectivity index (χ3v) is 3.86. The molecule has 2 atom stereocenters. The molecular weight excluding hydrogens is 198 g/mol. The predicted octanol–water partition coefficient (Wildman–Crippen LogP) is 0.336. The molecule has 14 heavy (non-hydrogen) atoms. The first kappa shape index (κ1) is 9.73. The van der Waals surface area contributed by atoms with Gasteiger partial charge in [0.15, 0.2) is 0 Å². The molecule has 0 aliphatic carbocycles. The normalized spacial score (nSPS) is 24.4. The number of nitrogens with zero attached hydrogens (tertiary/aromatic N) is 2. The first-order valence-electron chi connectivity index (χ1n) is 4.76. The second-order valence-corrected chi connectivity index (χ2v) is 4.92. The van der Waals surface area contributed by atoms with E-state index in [9.17, 15) is 4.21 Å². The van der Waals surface area contributed by atoms with E-state index in [-0.39, 0.29) is 5.25 Å². The van der Waals surface area contributed by atoms with Gasteiger partial charge < -0.3 is 5.32 Å². The number of rotatable bonds is 2. The van der Waals surface area contributed by atoms with Crippen LogP contribution in [0.25, 0.3) is 0 Å². The molecule has 4 nitrogen and oxygen atoms in total. The van der Waals surface area contributed by atoms with Gasteiger partial charge in [-0.25, -0.2) is 9.97 Å². The average molecular weight is 211 g/mol. The zero-order valence-corrected chi connectivity index (χ0v) is 8.67. The summed E-state index contributed by atoms with van der Waals surface area (Å²) in [6, 6.07) is 1.74. The molecule has 0 amide bonds. The molecule has 1 aromatic rings. The van der Waals surface area contributed by atoms with Crippen molar-refractivity contribution in [1.82, 2.24) is 15.3 Å². The van der Waals surface area contributed by atoms with E-state index in [4.69, 9.17) is 0 Å². The first-order chi connectivity index (χ1) is 6.88. The van der Waals surface area contributed by atoms with Gasteiger partial charge in [-0.15, -0.1) is 0 Å². The third kappa shape index (κ3) is 2.16. The Balaban J connectivity index is 2.07. The van der Waals surface area contributed by atoms with Gasteiger partial charge in [-0.1, -0.05) is 0 Å². The lowest BCUT2D eigenvalue weighted by molar-refractivity contribution is 0.518. The zero-order valence-electron chi connectivity index (χ0n) is 7.85. The highest BCUT2D eigenvalue weighted by Crippen LogP contribution is 2.12. The van der Waals surface area contributed by atoms with Gasteiger partial charge in [-0.2, -0.15) is 0 Å². The van der Waals surface area contributed by atoms with Gasteiger partial charge in [0.2, 0.25) is 5.16 Å². The van der Waals surface area contributed by atoms with E-state index in [0.29, 0.717) is 5.16 Å². The predicted molar refractivity (Wildman–Crippen MR) is 54.3 cm³/mol. The summed E-state index contributed by atoms with van der Waals surface area (Å²) in [4.78, 5) is 8.03. The number of hydrogen-bond acceptors (Lipinski definition) is 4. The molecular formula is C9H13N3OS. The average Bonchev–Trinajstić information content (AvgIpc) is 2.30. The van der Waals surface area contributed by atoms with Crippen molar-refractivity contribution in [2.45, 2.75) is 23.2 Å². The van der Waals surface area contributed by atoms with E-state index >= 15 is 0 Å². The summed E-state index contributed by atoms with van der Waals surface area (Å²) in [7, 11) is -1.05. The number of piperidine rings is 1. The van der Waals surface area contributed by atoms with Crippen LogP contribution in [-0.2, 0) is 10.8 Å². The largest absolute Gasteiger partial charge is 0.316 e. The highest BCUT2D eigenvalue weighted by Gasteiger charge is 2.22. The number of aromatic nitrogens is 2. The summed E-state index contributed by atoms with van der Waals surface area (Å²) in [6.45, 7) is 1.84. The molecule has 1 aromatic heterocycles. The summed E-state index contributed by atoms with van der Waals surface area (Å²) in [5.41, 5.74) is 0. The van der Waals surface area contributed by atoms with Crippen LogP contribution in [0.1, 0.15) is 12.8 Å². The van der Waals surface area contributed by atoms with E-state index in [1.807, 2.05) is 0 Å². The lowest BCUT2D eigenvalue weighted by atomic mass is 10.2. The summed E-state index contributed by atoms with van der Waals surface area (Å²) < 4.78 is 11.9. The monoisotopic (exact) mass is 211 g/mol. The standard InChI is InChI=1S/C9H13N3OS/c13-14(8-3-1-4-10-7-8)9-11-5-2-6-12-9/h2,5-6,8,10H,1,3-4,7H2/t8-,14+/m1/s1. The summed E-state index contributed by atoms with van der Waals surface area (Å²) in [6.07, 6.45) is 5.36. The molecule has 0 bridgehead atoms. The van der Waals surface area contributed by atoms with Crippen LogP contribution < -0.4 is 5.32 Å². The minimum absolute atomic E-state index is 0.172. The molecule has 2 heterocycles. The molecule has 0 aromatic carbocycles. The summed E-state index contributed by atoms with van der Waals surface area (Å²) in [5, 5.41) is 3.87. The van der Waals surface area contributed by atoms with Crippen LogP contribution in [0.15, 0.2) is 23.6 Å². The van der Waals surface area contributed by atoms with Crippen molar-refractivity contribution < 1.29 is 4.21 Å². The second-order valence-electron chi connectivity index (χ2n) is 3.30. The topological polar surface area (TPSA) is 54.9 Å². The Bertz CT molecular complexity index is 311. The Morgan fingerprint density at radius 2 is 2.21 bits per heavy atom. The van der Waals surface area contributed by atoms with Crippen LogP contribution in [0.2, 0.25) is 0 Å². The molecule has 1 aliphatic heterocycles. The fourth-order valence-electron chi connectivity index (χ4n) is 1.54. The number of nitrogens with one attached hydrogen (secondary N) is 1. The maximum atomic E-state index is 11.9. The molecule has 1 aliphatic rings. The van der Waals surface area contributed by atoms with Gasteiger partial charge in [0.1, 0.15) is 0 Å². The fraction of sp³-hybridized carbons (Fsp3) is 0.556. The zero-order chi connectivity index (χ0) is 9.80. The summed E-state index contributed by atoms with van der Waals surface area (Å²) in [5.74, 6) is 0. The lowest BCUT2D eigenvalue weighted by Crippen LogP contribution is -2.36. The first-order valence-corrected chi connectivity index (χ1v) is 5.97. The van der Waals surface area contributed by atoms with E-state index in [1.165, 1.54) is 0 Å². The Kier molecular flexibility index (Phi) is 3.21. The highest BCUT2D eigenvalue weighted by molar-refractivity contribution is 7.85. The van der Waals surface area contributed by atoms with Gasteiger partial charge >= 0.3 is 0 Å². The van der Waals surface area contributed by atoms with Crippen molar-refractivity contribution in [1.29, 1.82) is 0 Å². The van der Waals surface area contributed by atoms with Crippen LogP contribution in [0.4, 0.5) is 0 Å². The van der Waals surface area contributed by atoms with Crippen LogP contribution in [0.5, 0.6) is 0 Å². The van der Waals surface area contributed by atoms with Crippen molar-refractivity contribution >= 4 is 10.8 Å². The highest BCUT2D eigenvalue weighted by atomic mass is 32.2. The summed E-state index contributed by atoms with van der Waals surface area (Å²) >= 11 is 0. The molecule has 5 heteroatoms. The van der Waals surface area contributed by atoms with Crippen LogP contribution in [0.3, 0.4) is 0 Å². The third-order valence-electron chi connectivity index (χ3n) is 2.28. The molecule has 0 saturated carbocycles. The minimum atomic E-state index is -1.05. The van der Waals surface area contributed by atoms with Crippen LogP contribution >= 0.6 is 0 Å². The second kappa shape index (κ2) is 4.61. The van der Waals surface area contributed by atoms with Crippen molar-refractivity contribution in [2.75, 3.05) is 13.1 Å². The molecule has 1 fully saturated rings. The van der Waals surface area contributed by atoms with E-state index in [2.05, 4.69) is 15.3 Å². The van der Waals surface area contributed by atoms with Crippen molar-refractivity contribution in [3.8, 4) is 0 Å². The van der Waals surface area contributed by atoms with Gasteiger partial charge in [0, 0.05) is 18.9 Å². The molecule has 1 saturated heterocycles. The smallest absolute Gasteiger partial charge is 0.218 e. The Labute approximate surface area is 85.6 Å². The maximum absolute atomic E-state index is 11.9. The SMILES string of the molecule is O=[S@](c1ncccn1)[C@@H]1CCCNC1. The molecule has 76 valence electrons. The van der Waals surface area contributed by atoms with E-state index < -0.39 is 10.8 Å². The van der Waals surface area contributed by atoms with Crippen molar-refractivity contribution in [2.24, 2.45) is 0 Å².